The molecule has 2 N–H and O–H groups in total. The number of ether oxygens (including phenoxy) is 1. The van der Waals surface area contributed by atoms with Crippen LogP contribution >= 0.6 is 0 Å². The maximum absolute atomic E-state index is 12.0. The van der Waals surface area contributed by atoms with Gasteiger partial charge in [0.1, 0.15) is 5.75 Å². The Morgan fingerprint density at radius 1 is 1.15 bits per heavy atom. The minimum Gasteiger partial charge on any atom is -0.435 e. The molecule has 0 heterocycles. The molecule has 0 spiro atoms. The SMILES string of the molecule is CC(C)CC(C)NCC(O)c1ccc(OC(F)F)cc1. The molecule has 0 amide bonds. The molecule has 0 aromatic heterocycles. The Hall–Kier alpha value is -1.20. The smallest absolute Gasteiger partial charge is 0.387 e. The third-order valence-corrected chi connectivity index (χ3v) is 2.97. The Labute approximate surface area is 119 Å². The number of hydrogen-bond acceptors (Lipinski definition) is 3. The van der Waals surface area contributed by atoms with Crippen molar-refractivity contribution in [1.82, 2.24) is 5.32 Å². The Bertz CT molecular complexity index is 382. The van der Waals surface area contributed by atoms with Crippen LogP contribution in [0.2, 0.25) is 0 Å². The molecule has 0 saturated heterocycles. The summed E-state index contributed by atoms with van der Waals surface area (Å²) in [5.41, 5.74) is 0.677. The van der Waals surface area contributed by atoms with Crippen LogP contribution in [-0.4, -0.2) is 24.3 Å². The molecule has 0 bridgehead atoms. The summed E-state index contributed by atoms with van der Waals surface area (Å²) in [6.07, 6.45) is 0.374. The zero-order valence-corrected chi connectivity index (χ0v) is 12.1. The zero-order chi connectivity index (χ0) is 15.1. The first-order valence-corrected chi connectivity index (χ1v) is 6.84. The van der Waals surface area contributed by atoms with Crippen molar-refractivity contribution in [3.05, 3.63) is 29.8 Å². The second kappa shape index (κ2) is 8.17. The number of rotatable bonds is 8. The second-order valence-corrected chi connectivity index (χ2v) is 5.40. The van der Waals surface area contributed by atoms with Crippen molar-refractivity contribution in [3.8, 4) is 5.75 Å². The van der Waals surface area contributed by atoms with E-state index >= 15 is 0 Å². The first kappa shape index (κ1) is 16.9. The van der Waals surface area contributed by atoms with Gasteiger partial charge in [-0.25, -0.2) is 0 Å². The van der Waals surface area contributed by atoms with E-state index in [-0.39, 0.29) is 5.75 Å². The fourth-order valence-corrected chi connectivity index (χ4v) is 2.09. The normalized spacial score (nSPS) is 14.6. The third-order valence-electron chi connectivity index (χ3n) is 2.97. The molecular formula is C15H23F2NO2. The lowest BCUT2D eigenvalue weighted by Crippen LogP contribution is -2.31. The number of benzene rings is 1. The first-order valence-electron chi connectivity index (χ1n) is 6.84. The second-order valence-electron chi connectivity index (χ2n) is 5.40. The third kappa shape index (κ3) is 6.30. The van der Waals surface area contributed by atoms with E-state index in [4.69, 9.17) is 0 Å². The highest BCUT2D eigenvalue weighted by atomic mass is 19.3. The van der Waals surface area contributed by atoms with Gasteiger partial charge in [0.25, 0.3) is 0 Å². The number of aliphatic hydroxyl groups is 1. The summed E-state index contributed by atoms with van der Waals surface area (Å²) in [6, 6.07) is 6.38. The van der Waals surface area contributed by atoms with Gasteiger partial charge in [-0.15, -0.1) is 0 Å². The van der Waals surface area contributed by atoms with Gasteiger partial charge in [-0.05, 0) is 37.0 Å². The van der Waals surface area contributed by atoms with E-state index in [2.05, 4.69) is 30.8 Å². The van der Waals surface area contributed by atoms with Crippen molar-refractivity contribution in [2.75, 3.05) is 6.54 Å². The van der Waals surface area contributed by atoms with E-state index in [1.165, 1.54) is 12.1 Å². The predicted molar refractivity (Wildman–Crippen MR) is 75.0 cm³/mol. The monoisotopic (exact) mass is 287 g/mol. The van der Waals surface area contributed by atoms with Gasteiger partial charge in [-0.1, -0.05) is 26.0 Å². The summed E-state index contributed by atoms with van der Waals surface area (Å²) in [6.45, 7) is 3.98. The molecule has 2 atom stereocenters. The molecule has 2 unspecified atom stereocenters. The van der Waals surface area contributed by atoms with Gasteiger partial charge in [-0.2, -0.15) is 8.78 Å². The summed E-state index contributed by atoms with van der Waals surface area (Å²) < 4.78 is 28.3. The van der Waals surface area contributed by atoms with Crippen LogP contribution in [0.4, 0.5) is 8.78 Å². The maximum Gasteiger partial charge on any atom is 0.387 e. The van der Waals surface area contributed by atoms with Gasteiger partial charge in [0.2, 0.25) is 0 Å². The summed E-state index contributed by atoms with van der Waals surface area (Å²) in [5, 5.41) is 13.3. The molecule has 0 radical (unpaired) electrons. The number of nitrogens with one attached hydrogen (secondary N) is 1. The molecule has 1 rings (SSSR count). The molecule has 5 heteroatoms. The lowest BCUT2D eigenvalue weighted by molar-refractivity contribution is -0.0498. The predicted octanol–water partition coefficient (Wildman–Crippen LogP) is 3.35. The Balaban J connectivity index is 2.45. The summed E-state index contributed by atoms with van der Waals surface area (Å²) in [4.78, 5) is 0. The molecule has 0 aliphatic carbocycles. The average Bonchev–Trinajstić information content (AvgIpc) is 2.35. The fraction of sp³-hybridized carbons (Fsp3) is 0.600. The lowest BCUT2D eigenvalue weighted by Gasteiger charge is -2.19. The van der Waals surface area contributed by atoms with Crippen LogP contribution in [0.15, 0.2) is 24.3 Å². The van der Waals surface area contributed by atoms with E-state index in [0.717, 1.165) is 6.42 Å². The van der Waals surface area contributed by atoms with Gasteiger partial charge in [0, 0.05) is 12.6 Å². The Morgan fingerprint density at radius 2 is 1.75 bits per heavy atom. The molecule has 0 aliphatic rings. The topological polar surface area (TPSA) is 41.5 Å². The van der Waals surface area contributed by atoms with E-state index < -0.39 is 12.7 Å². The van der Waals surface area contributed by atoms with E-state index in [9.17, 15) is 13.9 Å². The highest BCUT2D eigenvalue weighted by Crippen LogP contribution is 2.19. The van der Waals surface area contributed by atoms with Crippen molar-refractivity contribution in [2.24, 2.45) is 5.92 Å². The van der Waals surface area contributed by atoms with Crippen molar-refractivity contribution < 1.29 is 18.6 Å². The minimum absolute atomic E-state index is 0.0945. The summed E-state index contributed by atoms with van der Waals surface area (Å²) >= 11 is 0. The zero-order valence-electron chi connectivity index (χ0n) is 12.1. The molecule has 1 aromatic rings. The molecule has 1 aromatic carbocycles. The first-order chi connectivity index (χ1) is 9.38. The van der Waals surface area contributed by atoms with Crippen molar-refractivity contribution >= 4 is 0 Å². The van der Waals surface area contributed by atoms with Crippen LogP contribution in [0, 0.1) is 5.92 Å². The molecule has 3 nitrogen and oxygen atoms in total. The maximum atomic E-state index is 12.0. The van der Waals surface area contributed by atoms with Crippen LogP contribution < -0.4 is 10.1 Å². The number of aliphatic hydroxyl groups excluding tert-OH is 1. The number of alkyl halides is 2. The average molecular weight is 287 g/mol. The molecular weight excluding hydrogens is 264 g/mol. The highest BCUT2D eigenvalue weighted by Gasteiger charge is 2.11. The van der Waals surface area contributed by atoms with E-state index in [1.54, 1.807) is 12.1 Å². The van der Waals surface area contributed by atoms with Crippen LogP contribution in [0.25, 0.3) is 0 Å². The Morgan fingerprint density at radius 3 is 2.25 bits per heavy atom. The van der Waals surface area contributed by atoms with Crippen LogP contribution in [0.1, 0.15) is 38.9 Å². The van der Waals surface area contributed by atoms with Crippen molar-refractivity contribution in [2.45, 2.75) is 45.9 Å². The van der Waals surface area contributed by atoms with Crippen LogP contribution in [0.5, 0.6) is 5.75 Å². The van der Waals surface area contributed by atoms with Crippen LogP contribution in [0.3, 0.4) is 0 Å². The highest BCUT2D eigenvalue weighted by molar-refractivity contribution is 5.28. The molecule has 114 valence electrons. The Kier molecular flexibility index (Phi) is 6.88. The quantitative estimate of drug-likeness (QED) is 0.770. The van der Waals surface area contributed by atoms with Gasteiger partial charge >= 0.3 is 6.61 Å². The van der Waals surface area contributed by atoms with Gasteiger partial charge in [0.15, 0.2) is 0 Å². The summed E-state index contributed by atoms with van der Waals surface area (Å²) in [7, 11) is 0. The largest absolute Gasteiger partial charge is 0.435 e. The molecule has 0 fully saturated rings. The van der Waals surface area contributed by atoms with Crippen molar-refractivity contribution in [1.29, 1.82) is 0 Å². The number of hydrogen-bond donors (Lipinski definition) is 2. The van der Waals surface area contributed by atoms with E-state index in [1.807, 2.05) is 0 Å². The van der Waals surface area contributed by atoms with Crippen molar-refractivity contribution in [3.63, 3.8) is 0 Å². The minimum atomic E-state index is -2.83. The van der Waals surface area contributed by atoms with Gasteiger partial charge in [-0.3, -0.25) is 0 Å². The fourth-order valence-electron chi connectivity index (χ4n) is 2.09. The number of halogens is 2. The van der Waals surface area contributed by atoms with Gasteiger partial charge < -0.3 is 15.2 Å². The molecule has 0 saturated carbocycles. The van der Waals surface area contributed by atoms with Gasteiger partial charge in [0.05, 0.1) is 6.10 Å². The van der Waals surface area contributed by atoms with Crippen LogP contribution in [-0.2, 0) is 0 Å². The van der Waals surface area contributed by atoms with E-state index in [0.29, 0.717) is 24.1 Å². The standard InChI is InChI=1S/C15H23F2NO2/c1-10(2)8-11(3)18-9-14(19)12-4-6-13(7-5-12)20-15(16)17/h4-7,10-11,14-15,18-19H,8-9H2,1-3H3. The molecule has 20 heavy (non-hydrogen) atoms. The molecule has 0 aliphatic heterocycles. The summed E-state index contributed by atoms with van der Waals surface area (Å²) in [5.74, 6) is 0.692. The lowest BCUT2D eigenvalue weighted by atomic mass is 10.0.